The molecule has 1 saturated heterocycles. The molecule has 1 fully saturated rings. The number of aliphatic hydroxyl groups is 1. The minimum atomic E-state index is -4.75. The van der Waals surface area contributed by atoms with Crippen LogP contribution in [0.1, 0.15) is 22.8 Å². The number of anilines is 1. The molecule has 2 N–H and O–H groups in total. The van der Waals surface area contributed by atoms with E-state index in [1.807, 2.05) is 0 Å². The Morgan fingerprint density at radius 3 is 2.54 bits per heavy atom. The molecule has 0 saturated carbocycles. The van der Waals surface area contributed by atoms with Crippen molar-refractivity contribution in [3.05, 3.63) is 29.3 Å². The summed E-state index contributed by atoms with van der Waals surface area (Å²) in [5.41, 5.74) is -1.73. The molecular formula is C16H18F4N2O4. The Bertz CT molecular complexity index is 671. The quantitative estimate of drug-likeness (QED) is 0.767. The second-order valence-electron chi connectivity index (χ2n) is 5.78. The molecule has 144 valence electrons. The van der Waals surface area contributed by atoms with Gasteiger partial charge in [0.05, 0.1) is 12.1 Å². The molecule has 2 rings (SSSR count). The molecule has 1 aliphatic heterocycles. The fourth-order valence-electron chi connectivity index (χ4n) is 2.47. The average molecular weight is 378 g/mol. The van der Waals surface area contributed by atoms with E-state index < -0.39 is 42.4 Å². The van der Waals surface area contributed by atoms with Gasteiger partial charge >= 0.3 is 6.18 Å². The van der Waals surface area contributed by atoms with Crippen molar-refractivity contribution in [2.75, 3.05) is 31.6 Å². The topological polar surface area (TPSA) is 78.9 Å². The molecule has 6 nitrogen and oxygen atoms in total. The van der Waals surface area contributed by atoms with Gasteiger partial charge in [-0.1, -0.05) is 0 Å². The number of ether oxygens (including phenoxy) is 1. The molecule has 1 aromatic rings. The van der Waals surface area contributed by atoms with Gasteiger partial charge in [0.25, 0.3) is 5.91 Å². The zero-order valence-electron chi connectivity index (χ0n) is 13.8. The van der Waals surface area contributed by atoms with Crippen molar-refractivity contribution in [3.8, 4) is 0 Å². The van der Waals surface area contributed by atoms with Gasteiger partial charge in [0.15, 0.2) is 0 Å². The zero-order chi connectivity index (χ0) is 19.5. The molecule has 0 aliphatic carbocycles. The smallest absolute Gasteiger partial charge is 0.388 e. The zero-order valence-corrected chi connectivity index (χ0v) is 13.8. The van der Waals surface area contributed by atoms with Gasteiger partial charge in [-0.25, -0.2) is 4.39 Å². The number of nitrogens with zero attached hydrogens (tertiary/aromatic N) is 1. The summed E-state index contributed by atoms with van der Waals surface area (Å²) in [6.07, 6.45) is -7.78. The van der Waals surface area contributed by atoms with Gasteiger partial charge in [0.2, 0.25) is 5.91 Å². The first kappa shape index (κ1) is 20.1. The maximum absolute atomic E-state index is 13.4. The number of benzene rings is 1. The predicted octanol–water partition coefficient (Wildman–Crippen LogP) is 1.84. The average Bonchev–Trinajstić information content (AvgIpc) is 2.90. The summed E-state index contributed by atoms with van der Waals surface area (Å²) in [4.78, 5) is 25.0. The van der Waals surface area contributed by atoms with Crippen molar-refractivity contribution < 1.29 is 37.0 Å². The van der Waals surface area contributed by atoms with Crippen molar-refractivity contribution in [3.63, 3.8) is 0 Å². The summed E-state index contributed by atoms with van der Waals surface area (Å²) in [5.74, 6) is -1.54. The number of aliphatic hydroxyl groups excluding tert-OH is 1. The number of halogens is 4. The van der Waals surface area contributed by atoms with E-state index in [0.717, 1.165) is 11.0 Å². The number of carbonyl (C=O) groups excluding carboxylic acids is 2. The largest absolute Gasteiger partial charge is 0.416 e. The van der Waals surface area contributed by atoms with Crippen molar-refractivity contribution in [1.29, 1.82) is 0 Å². The van der Waals surface area contributed by atoms with Gasteiger partial charge in [-0.2, -0.15) is 13.2 Å². The summed E-state index contributed by atoms with van der Waals surface area (Å²) in [7, 11) is 0. The highest BCUT2D eigenvalue weighted by atomic mass is 19.4. The first-order chi connectivity index (χ1) is 12.1. The Labute approximate surface area is 146 Å². The lowest BCUT2D eigenvalue weighted by molar-refractivity contribution is -0.137. The van der Waals surface area contributed by atoms with E-state index in [2.05, 4.69) is 5.32 Å². The summed E-state index contributed by atoms with van der Waals surface area (Å²) in [6, 6.07) is 2.38. The lowest BCUT2D eigenvalue weighted by atomic mass is 10.1. The third-order valence-corrected chi connectivity index (χ3v) is 3.74. The summed E-state index contributed by atoms with van der Waals surface area (Å²) < 4.78 is 57.5. The van der Waals surface area contributed by atoms with Crippen LogP contribution in [0.15, 0.2) is 18.2 Å². The molecule has 1 aromatic carbocycles. The van der Waals surface area contributed by atoms with Crippen LogP contribution < -0.4 is 5.32 Å². The van der Waals surface area contributed by atoms with Crippen LogP contribution in [-0.4, -0.2) is 60.4 Å². The molecule has 10 heteroatoms. The van der Waals surface area contributed by atoms with Gasteiger partial charge < -0.3 is 20.1 Å². The standard InChI is InChI=1S/C16H18F4N2O4/c1-2-26-8-14(24)21-11-4-9(3-10(5-11)16(18,19)20)15(25)22-6-12(17)13(23)7-22/h3-5,12-13,23H,2,6-8H2,1H3,(H,21,24)/t12-,13-/m1/s1. The summed E-state index contributed by atoms with van der Waals surface area (Å²) in [5, 5.41) is 11.6. The number of amides is 2. The Morgan fingerprint density at radius 2 is 2.00 bits per heavy atom. The Hall–Kier alpha value is -2.20. The van der Waals surface area contributed by atoms with E-state index in [4.69, 9.17) is 4.74 Å². The molecule has 2 amide bonds. The highest BCUT2D eigenvalue weighted by molar-refractivity contribution is 5.98. The van der Waals surface area contributed by atoms with E-state index >= 15 is 0 Å². The number of rotatable bonds is 5. The normalized spacial score (nSPS) is 20.3. The van der Waals surface area contributed by atoms with Gasteiger partial charge in [-0.3, -0.25) is 9.59 Å². The molecule has 0 spiro atoms. The molecular weight excluding hydrogens is 360 g/mol. The van der Waals surface area contributed by atoms with Gasteiger partial charge in [-0.15, -0.1) is 0 Å². The number of carbonyl (C=O) groups is 2. The number of alkyl halides is 4. The van der Waals surface area contributed by atoms with E-state index in [1.54, 1.807) is 6.92 Å². The number of likely N-dealkylation sites (tertiary alicyclic amines) is 1. The minimum absolute atomic E-state index is 0.232. The number of hydrogen-bond donors (Lipinski definition) is 2. The molecule has 1 aliphatic rings. The lowest BCUT2D eigenvalue weighted by Crippen LogP contribution is -2.30. The molecule has 0 unspecified atom stereocenters. The van der Waals surface area contributed by atoms with Gasteiger partial charge in [0, 0.05) is 24.4 Å². The molecule has 0 radical (unpaired) electrons. The first-order valence-corrected chi connectivity index (χ1v) is 7.83. The van der Waals surface area contributed by atoms with E-state index in [0.29, 0.717) is 12.1 Å². The van der Waals surface area contributed by atoms with Crippen molar-refractivity contribution in [2.45, 2.75) is 25.4 Å². The number of hydrogen-bond acceptors (Lipinski definition) is 4. The monoisotopic (exact) mass is 378 g/mol. The van der Waals surface area contributed by atoms with Crippen molar-refractivity contribution in [1.82, 2.24) is 4.90 Å². The van der Waals surface area contributed by atoms with Crippen LogP contribution in [0.25, 0.3) is 0 Å². The van der Waals surface area contributed by atoms with Crippen LogP contribution in [0, 0.1) is 0 Å². The third-order valence-electron chi connectivity index (χ3n) is 3.74. The van der Waals surface area contributed by atoms with Crippen LogP contribution in [-0.2, 0) is 15.7 Å². The number of nitrogens with one attached hydrogen (secondary N) is 1. The molecule has 2 atom stereocenters. The summed E-state index contributed by atoms with van der Waals surface area (Å²) in [6.45, 7) is 0.820. The molecule has 1 heterocycles. The second kappa shape index (κ2) is 8.00. The highest BCUT2D eigenvalue weighted by Crippen LogP contribution is 2.32. The maximum atomic E-state index is 13.4. The third kappa shape index (κ3) is 4.92. The van der Waals surface area contributed by atoms with Crippen LogP contribution >= 0.6 is 0 Å². The Balaban J connectivity index is 2.28. The van der Waals surface area contributed by atoms with Gasteiger partial charge in [0.1, 0.15) is 18.9 Å². The first-order valence-electron chi connectivity index (χ1n) is 7.83. The van der Waals surface area contributed by atoms with Crippen LogP contribution in [0.3, 0.4) is 0 Å². The Kier molecular flexibility index (Phi) is 6.19. The SMILES string of the molecule is CCOCC(=O)Nc1cc(C(=O)N2C[C@@H](O)[C@H](F)C2)cc(C(F)(F)F)c1. The maximum Gasteiger partial charge on any atom is 0.416 e. The van der Waals surface area contributed by atoms with E-state index in [9.17, 15) is 32.3 Å². The van der Waals surface area contributed by atoms with Crippen LogP contribution in [0.4, 0.5) is 23.2 Å². The number of β-amino-alcohol motifs (C(OH)–C–C–N with tert-alkyl or cyclic N) is 1. The minimum Gasteiger partial charge on any atom is -0.388 e. The van der Waals surface area contributed by atoms with Crippen LogP contribution in [0.5, 0.6) is 0 Å². The summed E-state index contributed by atoms with van der Waals surface area (Å²) >= 11 is 0. The predicted molar refractivity (Wildman–Crippen MR) is 83.4 cm³/mol. The molecule has 26 heavy (non-hydrogen) atoms. The second-order valence-corrected chi connectivity index (χ2v) is 5.78. The van der Waals surface area contributed by atoms with Crippen LogP contribution in [0.2, 0.25) is 0 Å². The lowest BCUT2D eigenvalue weighted by Gasteiger charge is -2.18. The fourth-order valence-corrected chi connectivity index (χ4v) is 2.47. The van der Waals surface area contributed by atoms with E-state index in [-0.39, 0.29) is 31.0 Å². The highest BCUT2D eigenvalue weighted by Gasteiger charge is 2.36. The Morgan fingerprint density at radius 1 is 1.31 bits per heavy atom. The van der Waals surface area contributed by atoms with Crippen molar-refractivity contribution in [2.24, 2.45) is 0 Å². The molecule has 0 aromatic heterocycles. The van der Waals surface area contributed by atoms with E-state index in [1.165, 1.54) is 0 Å². The fraction of sp³-hybridized carbons (Fsp3) is 0.500. The molecule has 0 bridgehead atoms. The van der Waals surface area contributed by atoms with Gasteiger partial charge in [-0.05, 0) is 25.1 Å². The van der Waals surface area contributed by atoms with Crippen molar-refractivity contribution >= 4 is 17.5 Å².